The van der Waals surface area contributed by atoms with E-state index in [-0.39, 0.29) is 24.3 Å². The Hall–Kier alpha value is -1.43. The average molecular weight is 285 g/mol. The third-order valence-corrected chi connectivity index (χ3v) is 3.63. The SMILES string of the molecule is CCNc1nc(N(CCO)C2CCCC2)c(F)cc1F. The minimum atomic E-state index is -0.691. The molecular weight excluding hydrogens is 264 g/mol. The smallest absolute Gasteiger partial charge is 0.168 e. The number of aliphatic hydroxyl groups is 1. The van der Waals surface area contributed by atoms with E-state index in [0.29, 0.717) is 13.1 Å². The molecule has 0 amide bonds. The van der Waals surface area contributed by atoms with E-state index in [1.54, 1.807) is 4.90 Å². The number of anilines is 2. The Morgan fingerprint density at radius 3 is 2.65 bits per heavy atom. The summed E-state index contributed by atoms with van der Waals surface area (Å²) in [6.45, 7) is 2.57. The van der Waals surface area contributed by atoms with Crippen molar-refractivity contribution in [2.45, 2.75) is 38.6 Å². The highest BCUT2D eigenvalue weighted by atomic mass is 19.1. The van der Waals surface area contributed by atoms with E-state index in [1.165, 1.54) is 0 Å². The number of aliphatic hydroxyl groups excluding tert-OH is 1. The maximum Gasteiger partial charge on any atom is 0.168 e. The first kappa shape index (κ1) is 15.0. The Bertz CT molecular complexity index is 450. The van der Waals surface area contributed by atoms with Gasteiger partial charge in [-0.15, -0.1) is 0 Å². The molecule has 1 aliphatic carbocycles. The molecule has 0 spiro atoms. The minimum Gasteiger partial charge on any atom is -0.395 e. The maximum absolute atomic E-state index is 14.0. The van der Waals surface area contributed by atoms with E-state index >= 15 is 0 Å². The summed E-state index contributed by atoms with van der Waals surface area (Å²) in [4.78, 5) is 5.85. The lowest BCUT2D eigenvalue weighted by atomic mass is 10.2. The molecular formula is C14H21F2N3O. The fraction of sp³-hybridized carbons (Fsp3) is 0.643. The number of hydrogen-bond acceptors (Lipinski definition) is 4. The first-order valence-electron chi connectivity index (χ1n) is 7.14. The van der Waals surface area contributed by atoms with E-state index in [9.17, 15) is 13.9 Å². The van der Waals surface area contributed by atoms with Crippen LogP contribution in [0.5, 0.6) is 0 Å². The highest BCUT2D eigenvalue weighted by Crippen LogP contribution is 2.30. The van der Waals surface area contributed by atoms with Gasteiger partial charge in [-0.3, -0.25) is 0 Å². The van der Waals surface area contributed by atoms with E-state index < -0.39 is 11.6 Å². The van der Waals surface area contributed by atoms with Crippen LogP contribution in [-0.4, -0.2) is 35.8 Å². The summed E-state index contributed by atoms with van der Waals surface area (Å²) in [6.07, 6.45) is 4.09. The summed E-state index contributed by atoms with van der Waals surface area (Å²) < 4.78 is 27.7. The average Bonchev–Trinajstić information content (AvgIpc) is 2.93. The summed E-state index contributed by atoms with van der Waals surface area (Å²) in [6, 6.07) is 1.03. The molecule has 0 aromatic carbocycles. The van der Waals surface area contributed by atoms with Crippen LogP contribution < -0.4 is 10.2 Å². The molecule has 20 heavy (non-hydrogen) atoms. The molecule has 4 nitrogen and oxygen atoms in total. The predicted molar refractivity (Wildman–Crippen MR) is 75.0 cm³/mol. The molecule has 1 aromatic heterocycles. The van der Waals surface area contributed by atoms with Crippen LogP contribution in [0.2, 0.25) is 0 Å². The van der Waals surface area contributed by atoms with Gasteiger partial charge < -0.3 is 15.3 Å². The minimum absolute atomic E-state index is 0.0600. The Kier molecular flexibility index (Phi) is 5.11. The summed E-state index contributed by atoms with van der Waals surface area (Å²) in [7, 11) is 0. The van der Waals surface area contributed by atoms with Gasteiger partial charge in [-0.05, 0) is 19.8 Å². The molecule has 1 aromatic rings. The van der Waals surface area contributed by atoms with Crippen LogP contribution in [-0.2, 0) is 0 Å². The summed E-state index contributed by atoms with van der Waals surface area (Å²) >= 11 is 0. The lowest BCUT2D eigenvalue weighted by Gasteiger charge is -2.30. The largest absolute Gasteiger partial charge is 0.395 e. The van der Waals surface area contributed by atoms with Crippen LogP contribution in [0.25, 0.3) is 0 Å². The van der Waals surface area contributed by atoms with Gasteiger partial charge in [0.05, 0.1) is 6.61 Å². The van der Waals surface area contributed by atoms with Crippen molar-refractivity contribution in [2.24, 2.45) is 0 Å². The van der Waals surface area contributed by atoms with Gasteiger partial charge in [-0.1, -0.05) is 12.8 Å². The number of pyridine rings is 1. The van der Waals surface area contributed by atoms with Crippen molar-refractivity contribution in [3.63, 3.8) is 0 Å². The van der Waals surface area contributed by atoms with E-state index in [4.69, 9.17) is 0 Å². The van der Waals surface area contributed by atoms with Crippen molar-refractivity contribution >= 4 is 11.6 Å². The molecule has 0 bridgehead atoms. The van der Waals surface area contributed by atoms with Crippen LogP contribution in [0.4, 0.5) is 20.4 Å². The lowest BCUT2D eigenvalue weighted by molar-refractivity contribution is 0.296. The second-order valence-corrected chi connectivity index (χ2v) is 5.01. The van der Waals surface area contributed by atoms with Crippen molar-refractivity contribution < 1.29 is 13.9 Å². The molecule has 0 radical (unpaired) electrons. The molecule has 112 valence electrons. The maximum atomic E-state index is 14.0. The highest BCUT2D eigenvalue weighted by molar-refractivity contribution is 5.50. The van der Waals surface area contributed by atoms with Crippen LogP contribution in [0, 0.1) is 11.6 Å². The van der Waals surface area contributed by atoms with Crippen LogP contribution in [0.15, 0.2) is 6.07 Å². The number of nitrogens with one attached hydrogen (secondary N) is 1. The first-order valence-corrected chi connectivity index (χ1v) is 7.14. The number of halogens is 2. The van der Waals surface area contributed by atoms with Crippen molar-refractivity contribution in [1.29, 1.82) is 0 Å². The molecule has 1 fully saturated rings. The topological polar surface area (TPSA) is 48.4 Å². The molecule has 6 heteroatoms. The van der Waals surface area contributed by atoms with Crippen molar-refractivity contribution in [2.75, 3.05) is 29.9 Å². The molecule has 0 saturated heterocycles. The number of rotatable bonds is 6. The number of nitrogens with zero attached hydrogens (tertiary/aromatic N) is 2. The highest BCUT2D eigenvalue weighted by Gasteiger charge is 2.26. The fourth-order valence-electron chi connectivity index (χ4n) is 2.73. The zero-order valence-corrected chi connectivity index (χ0v) is 11.7. The predicted octanol–water partition coefficient (Wildman–Crippen LogP) is 2.53. The van der Waals surface area contributed by atoms with Gasteiger partial charge in [0.1, 0.15) is 0 Å². The van der Waals surface area contributed by atoms with Gasteiger partial charge in [0.15, 0.2) is 23.3 Å². The Morgan fingerprint density at radius 1 is 1.35 bits per heavy atom. The Morgan fingerprint density at radius 2 is 2.05 bits per heavy atom. The molecule has 2 N–H and O–H groups in total. The van der Waals surface area contributed by atoms with Gasteiger partial charge in [0, 0.05) is 25.2 Å². The second-order valence-electron chi connectivity index (χ2n) is 5.01. The van der Waals surface area contributed by atoms with Gasteiger partial charge in [0.2, 0.25) is 0 Å². The Labute approximate surface area is 117 Å². The molecule has 0 aliphatic heterocycles. The summed E-state index contributed by atoms with van der Waals surface area (Å²) in [5, 5.41) is 12.0. The molecule has 2 rings (SSSR count). The molecule has 1 saturated carbocycles. The zero-order valence-electron chi connectivity index (χ0n) is 11.7. The van der Waals surface area contributed by atoms with Gasteiger partial charge >= 0.3 is 0 Å². The monoisotopic (exact) mass is 285 g/mol. The van der Waals surface area contributed by atoms with Crippen LogP contribution in [0.3, 0.4) is 0 Å². The lowest BCUT2D eigenvalue weighted by Crippen LogP contribution is -2.37. The summed E-state index contributed by atoms with van der Waals surface area (Å²) in [5.74, 6) is -1.18. The van der Waals surface area contributed by atoms with E-state index in [2.05, 4.69) is 10.3 Å². The molecule has 0 atom stereocenters. The molecule has 1 aliphatic rings. The molecule has 0 unspecified atom stereocenters. The van der Waals surface area contributed by atoms with Crippen molar-refractivity contribution in [1.82, 2.24) is 4.98 Å². The summed E-state index contributed by atoms with van der Waals surface area (Å²) in [5.41, 5.74) is 0. The number of hydrogen-bond donors (Lipinski definition) is 2. The van der Waals surface area contributed by atoms with Gasteiger partial charge in [-0.2, -0.15) is 0 Å². The standard InChI is InChI=1S/C14H21F2N3O/c1-2-17-13-11(15)9-12(16)14(18-13)19(7-8-20)10-5-3-4-6-10/h9-10,20H,2-8H2,1H3,(H,17,18). The van der Waals surface area contributed by atoms with Crippen molar-refractivity contribution in [3.05, 3.63) is 17.7 Å². The van der Waals surface area contributed by atoms with Gasteiger partial charge in [0.25, 0.3) is 0 Å². The normalized spacial score (nSPS) is 15.6. The van der Waals surface area contributed by atoms with E-state index in [1.807, 2.05) is 6.92 Å². The zero-order chi connectivity index (χ0) is 14.5. The van der Waals surface area contributed by atoms with E-state index in [0.717, 1.165) is 31.7 Å². The first-order chi connectivity index (χ1) is 9.67. The van der Waals surface area contributed by atoms with Crippen LogP contribution in [0.1, 0.15) is 32.6 Å². The van der Waals surface area contributed by atoms with Gasteiger partial charge in [-0.25, -0.2) is 13.8 Å². The quantitative estimate of drug-likeness (QED) is 0.843. The third kappa shape index (κ3) is 3.17. The van der Waals surface area contributed by atoms with Crippen molar-refractivity contribution in [3.8, 4) is 0 Å². The fourth-order valence-corrected chi connectivity index (χ4v) is 2.73. The Balaban J connectivity index is 2.33. The third-order valence-electron chi connectivity index (χ3n) is 3.63. The second kappa shape index (κ2) is 6.83. The van der Waals surface area contributed by atoms with Crippen LogP contribution >= 0.6 is 0 Å². The number of aromatic nitrogens is 1. The molecule has 1 heterocycles.